The molecule has 0 aliphatic rings. The molecule has 0 saturated carbocycles. The predicted molar refractivity (Wildman–Crippen MR) is 67.8 cm³/mol. The standard InChI is InChI=1S/C13H14N2O3/c1-15(2)7-10-8-5-3-4-6-9(8)12(16)11(14-10)13(17)18/h3-6,16H,7H2,1-2H3,(H,17,18). The van der Waals surface area contributed by atoms with Gasteiger partial charge in [-0.15, -0.1) is 0 Å². The molecule has 5 nitrogen and oxygen atoms in total. The SMILES string of the molecule is CN(C)Cc1nc(C(=O)O)c(O)c2ccccc12. The third kappa shape index (κ3) is 2.12. The Kier molecular flexibility index (Phi) is 3.16. The van der Waals surface area contributed by atoms with E-state index in [2.05, 4.69) is 4.98 Å². The molecule has 18 heavy (non-hydrogen) atoms. The molecule has 2 rings (SSSR count). The Bertz CT molecular complexity index is 608. The minimum Gasteiger partial charge on any atom is -0.505 e. The van der Waals surface area contributed by atoms with Crippen molar-refractivity contribution < 1.29 is 15.0 Å². The van der Waals surface area contributed by atoms with Crippen LogP contribution in [-0.2, 0) is 6.54 Å². The lowest BCUT2D eigenvalue weighted by molar-refractivity contribution is 0.0687. The first-order valence-corrected chi connectivity index (χ1v) is 5.49. The number of benzene rings is 1. The van der Waals surface area contributed by atoms with Crippen molar-refractivity contribution in [3.63, 3.8) is 0 Å². The highest BCUT2D eigenvalue weighted by atomic mass is 16.4. The zero-order chi connectivity index (χ0) is 13.3. The van der Waals surface area contributed by atoms with E-state index >= 15 is 0 Å². The molecule has 0 atom stereocenters. The molecule has 94 valence electrons. The van der Waals surface area contributed by atoms with Crippen LogP contribution in [0.4, 0.5) is 0 Å². The van der Waals surface area contributed by atoms with Gasteiger partial charge in [0.05, 0.1) is 5.69 Å². The van der Waals surface area contributed by atoms with E-state index in [-0.39, 0.29) is 11.4 Å². The zero-order valence-electron chi connectivity index (χ0n) is 10.2. The van der Waals surface area contributed by atoms with Crippen LogP contribution in [-0.4, -0.2) is 40.2 Å². The Balaban J connectivity index is 2.75. The molecule has 0 fully saturated rings. The van der Waals surface area contributed by atoms with Crippen LogP contribution in [0.5, 0.6) is 5.75 Å². The lowest BCUT2D eigenvalue weighted by Crippen LogP contribution is -2.14. The molecule has 1 aromatic heterocycles. The van der Waals surface area contributed by atoms with Crippen molar-refractivity contribution in [3.05, 3.63) is 35.7 Å². The van der Waals surface area contributed by atoms with E-state index in [1.54, 1.807) is 12.1 Å². The maximum Gasteiger partial charge on any atom is 0.358 e. The van der Waals surface area contributed by atoms with Gasteiger partial charge in [-0.1, -0.05) is 24.3 Å². The summed E-state index contributed by atoms with van der Waals surface area (Å²) in [5, 5.41) is 20.3. The lowest BCUT2D eigenvalue weighted by atomic mass is 10.1. The summed E-state index contributed by atoms with van der Waals surface area (Å²) < 4.78 is 0. The molecule has 0 aliphatic heterocycles. The van der Waals surface area contributed by atoms with E-state index in [0.717, 1.165) is 5.39 Å². The highest BCUT2D eigenvalue weighted by Crippen LogP contribution is 2.29. The highest BCUT2D eigenvalue weighted by Gasteiger charge is 2.18. The van der Waals surface area contributed by atoms with Gasteiger partial charge in [-0.2, -0.15) is 0 Å². The molecule has 0 amide bonds. The second-order valence-electron chi connectivity index (χ2n) is 4.34. The van der Waals surface area contributed by atoms with Gasteiger partial charge in [-0.25, -0.2) is 9.78 Å². The average molecular weight is 246 g/mol. The Morgan fingerprint density at radius 2 is 1.89 bits per heavy atom. The van der Waals surface area contributed by atoms with E-state index in [0.29, 0.717) is 17.6 Å². The number of hydrogen-bond donors (Lipinski definition) is 2. The van der Waals surface area contributed by atoms with Crippen LogP contribution < -0.4 is 0 Å². The largest absolute Gasteiger partial charge is 0.505 e. The van der Waals surface area contributed by atoms with Crippen molar-refractivity contribution in [1.29, 1.82) is 0 Å². The number of carboxylic acids is 1. The van der Waals surface area contributed by atoms with Crippen molar-refractivity contribution in [3.8, 4) is 5.75 Å². The maximum absolute atomic E-state index is 11.1. The maximum atomic E-state index is 11.1. The van der Waals surface area contributed by atoms with Crippen molar-refractivity contribution in [2.24, 2.45) is 0 Å². The first kappa shape index (κ1) is 12.3. The molecule has 2 aromatic rings. The predicted octanol–water partition coefficient (Wildman–Crippen LogP) is 1.70. The van der Waals surface area contributed by atoms with Gasteiger partial charge < -0.3 is 15.1 Å². The normalized spacial score (nSPS) is 11.1. The molecule has 0 spiro atoms. The molecule has 2 N–H and O–H groups in total. The van der Waals surface area contributed by atoms with Crippen molar-refractivity contribution in [2.45, 2.75) is 6.54 Å². The fourth-order valence-corrected chi connectivity index (χ4v) is 1.89. The minimum atomic E-state index is -1.22. The number of aromatic hydroxyl groups is 1. The number of nitrogens with zero attached hydrogens (tertiary/aromatic N) is 2. The number of aromatic nitrogens is 1. The molecule has 0 saturated heterocycles. The van der Waals surface area contributed by atoms with E-state index in [1.807, 2.05) is 31.1 Å². The van der Waals surface area contributed by atoms with Gasteiger partial charge in [0.25, 0.3) is 0 Å². The summed E-state index contributed by atoms with van der Waals surface area (Å²) in [6.07, 6.45) is 0. The number of carboxylic acid groups (broad SMARTS) is 1. The first-order chi connectivity index (χ1) is 8.50. The number of fused-ring (bicyclic) bond motifs is 1. The minimum absolute atomic E-state index is 0.277. The third-order valence-corrected chi connectivity index (χ3v) is 2.63. The second kappa shape index (κ2) is 4.62. The van der Waals surface area contributed by atoms with Gasteiger partial charge >= 0.3 is 5.97 Å². The lowest BCUT2D eigenvalue weighted by Gasteiger charge is -2.13. The van der Waals surface area contributed by atoms with Crippen molar-refractivity contribution in [1.82, 2.24) is 9.88 Å². The second-order valence-corrected chi connectivity index (χ2v) is 4.34. The summed E-state index contributed by atoms with van der Waals surface area (Å²) in [6.45, 7) is 0.515. The number of hydrogen-bond acceptors (Lipinski definition) is 4. The average Bonchev–Trinajstić information content (AvgIpc) is 2.32. The molecule has 0 bridgehead atoms. The number of pyridine rings is 1. The van der Waals surface area contributed by atoms with Crippen LogP contribution in [0, 0.1) is 0 Å². The zero-order valence-corrected chi connectivity index (χ0v) is 10.2. The number of aromatic carboxylic acids is 1. The summed E-state index contributed by atoms with van der Waals surface area (Å²) in [6, 6.07) is 7.11. The Morgan fingerprint density at radius 3 is 2.44 bits per heavy atom. The molecule has 5 heteroatoms. The van der Waals surface area contributed by atoms with Crippen LogP contribution in [0.1, 0.15) is 16.2 Å². The number of carbonyl (C=O) groups is 1. The topological polar surface area (TPSA) is 73.7 Å². The van der Waals surface area contributed by atoms with Crippen LogP contribution in [0.2, 0.25) is 0 Å². The summed E-state index contributed by atoms with van der Waals surface area (Å²) in [5.74, 6) is -1.50. The third-order valence-electron chi connectivity index (χ3n) is 2.63. The Labute approximate surface area is 104 Å². The summed E-state index contributed by atoms with van der Waals surface area (Å²) in [7, 11) is 3.76. The fraction of sp³-hybridized carbons (Fsp3) is 0.231. The van der Waals surface area contributed by atoms with Gasteiger partial charge in [0.1, 0.15) is 0 Å². The van der Waals surface area contributed by atoms with Crippen LogP contribution >= 0.6 is 0 Å². The van der Waals surface area contributed by atoms with Gasteiger partial charge in [0.2, 0.25) is 0 Å². The molecule has 0 radical (unpaired) electrons. The molecular weight excluding hydrogens is 232 g/mol. The van der Waals surface area contributed by atoms with Crippen LogP contribution in [0.15, 0.2) is 24.3 Å². The fourth-order valence-electron chi connectivity index (χ4n) is 1.89. The summed E-state index contributed by atoms with van der Waals surface area (Å²) >= 11 is 0. The quantitative estimate of drug-likeness (QED) is 0.862. The van der Waals surface area contributed by atoms with Gasteiger partial charge in [0.15, 0.2) is 11.4 Å². The van der Waals surface area contributed by atoms with E-state index in [4.69, 9.17) is 5.11 Å². The van der Waals surface area contributed by atoms with E-state index < -0.39 is 5.97 Å². The van der Waals surface area contributed by atoms with Crippen LogP contribution in [0.3, 0.4) is 0 Å². The molecule has 0 aliphatic carbocycles. The molecular formula is C13H14N2O3. The summed E-state index contributed by atoms with van der Waals surface area (Å²) in [4.78, 5) is 17.0. The van der Waals surface area contributed by atoms with Gasteiger partial charge in [-0.05, 0) is 14.1 Å². The van der Waals surface area contributed by atoms with Crippen LogP contribution in [0.25, 0.3) is 10.8 Å². The van der Waals surface area contributed by atoms with Gasteiger partial charge in [0, 0.05) is 17.3 Å². The smallest absolute Gasteiger partial charge is 0.358 e. The van der Waals surface area contributed by atoms with Gasteiger partial charge in [-0.3, -0.25) is 0 Å². The molecule has 0 unspecified atom stereocenters. The van der Waals surface area contributed by atoms with Crippen molar-refractivity contribution in [2.75, 3.05) is 14.1 Å². The highest BCUT2D eigenvalue weighted by molar-refractivity contribution is 5.99. The Morgan fingerprint density at radius 1 is 1.28 bits per heavy atom. The van der Waals surface area contributed by atoms with Crippen molar-refractivity contribution >= 4 is 16.7 Å². The van der Waals surface area contributed by atoms with E-state index in [9.17, 15) is 9.90 Å². The monoisotopic (exact) mass is 246 g/mol. The van der Waals surface area contributed by atoms with E-state index in [1.165, 1.54) is 0 Å². The summed E-state index contributed by atoms with van der Waals surface area (Å²) in [5.41, 5.74) is 0.344. The number of rotatable bonds is 3. The molecule has 1 aromatic carbocycles. The molecule has 1 heterocycles. The Hall–Kier alpha value is -2.14. The first-order valence-electron chi connectivity index (χ1n) is 5.49.